The molecule has 0 unspecified atom stereocenters. The molecule has 0 saturated heterocycles. The molecule has 1 aromatic heterocycles. The van der Waals surface area contributed by atoms with E-state index in [1.54, 1.807) is 6.07 Å². The van der Waals surface area contributed by atoms with Crippen LogP contribution in [0.5, 0.6) is 0 Å². The average molecular weight is 370 g/mol. The Labute approximate surface area is 147 Å². The maximum absolute atomic E-state index is 6.29. The molecule has 22 heavy (non-hydrogen) atoms. The van der Waals surface area contributed by atoms with Gasteiger partial charge in [-0.05, 0) is 30.3 Å². The monoisotopic (exact) mass is 368 g/mol. The fourth-order valence-electron chi connectivity index (χ4n) is 2.06. The number of nitrogens with zero attached hydrogens (tertiary/aromatic N) is 2. The van der Waals surface area contributed by atoms with E-state index < -0.39 is 0 Å². The Bertz CT molecular complexity index is 896. The molecule has 2 aromatic carbocycles. The Morgan fingerprint density at radius 2 is 1.77 bits per heavy atom. The number of para-hydroxylation sites is 1. The highest BCUT2D eigenvalue weighted by atomic mass is 35.5. The van der Waals surface area contributed by atoms with Gasteiger partial charge in [-0.25, -0.2) is 4.99 Å². The highest BCUT2D eigenvalue weighted by molar-refractivity contribution is 7.07. The van der Waals surface area contributed by atoms with Gasteiger partial charge < -0.3 is 4.57 Å². The summed E-state index contributed by atoms with van der Waals surface area (Å²) in [4.78, 5) is 5.46. The molecule has 0 N–H and O–H groups in total. The van der Waals surface area contributed by atoms with Gasteiger partial charge >= 0.3 is 0 Å². The van der Waals surface area contributed by atoms with Crippen molar-refractivity contribution in [3.05, 3.63) is 67.7 Å². The van der Waals surface area contributed by atoms with Crippen LogP contribution in [0.4, 0.5) is 5.69 Å². The van der Waals surface area contributed by atoms with Gasteiger partial charge in [0.05, 0.1) is 21.4 Å². The summed E-state index contributed by atoms with van der Waals surface area (Å²) in [5.41, 5.74) is 2.65. The van der Waals surface area contributed by atoms with Crippen molar-refractivity contribution in [1.82, 2.24) is 4.57 Å². The van der Waals surface area contributed by atoms with Gasteiger partial charge in [0.1, 0.15) is 0 Å². The standard InChI is InChI=1S/C16H11Cl3N2S/c1-21-15(11-7-6-10(17)8-13(11)19)9-22-16(21)20-14-5-3-2-4-12(14)18/h2-9H,1H3. The minimum Gasteiger partial charge on any atom is -0.319 e. The topological polar surface area (TPSA) is 17.3 Å². The van der Waals surface area contributed by atoms with Crippen molar-refractivity contribution in [3.8, 4) is 11.3 Å². The van der Waals surface area contributed by atoms with Gasteiger partial charge in [0.25, 0.3) is 0 Å². The third-order valence-electron chi connectivity index (χ3n) is 3.20. The highest BCUT2D eigenvalue weighted by Crippen LogP contribution is 2.30. The van der Waals surface area contributed by atoms with E-state index in [0.717, 1.165) is 21.7 Å². The van der Waals surface area contributed by atoms with E-state index in [1.165, 1.54) is 11.3 Å². The summed E-state index contributed by atoms with van der Waals surface area (Å²) >= 11 is 19.9. The van der Waals surface area contributed by atoms with Crippen molar-refractivity contribution >= 4 is 51.8 Å². The normalized spacial score (nSPS) is 11.9. The number of hydrogen-bond acceptors (Lipinski definition) is 2. The molecule has 1 heterocycles. The van der Waals surface area contributed by atoms with Crippen LogP contribution in [0.1, 0.15) is 0 Å². The number of rotatable bonds is 2. The predicted octanol–water partition coefficient (Wildman–Crippen LogP) is 5.95. The second-order valence-electron chi connectivity index (χ2n) is 4.65. The van der Waals surface area contributed by atoms with Gasteiger partial charge in [0.2, 0.25) is 0 Å². The molecule has 6 heteroatoms. The highest BCUT2D eigenvalue weighted by Gasteiger charge is 2.09. The Morgan fingerprint density at radius 1 is 1.00 bits per heavy atom. The summed E-state index contributed by atoms with van der Waals surface area (Å²) in [6, 6.07) is 13.0. The maximum atomic E-state index is 6.29. The molecule has 0 spiro atoms. The van der Waals surface area contributed by atoms with Gasteiger partial charge in [-0.2, -0.15) is 0 Å². The molecule has 0 atom stereocenters. The molecule has 0 bridgehead atoms. The number of thiazole rings is 1. The lowest BCUT2D eigenvalue weighted by Crippen LogP contribution is -2.11. The van der Waals surface area contributed by atoms with E-state index in [-0.39, 0.29) is 0 Å². The first kappa shape index (κ1) is 15.6. The first-order valence-corrected chi connectivity index (χ1v) is 8.47. The predicted molar refractivity (Wildman–Crippen MR) is 95.4 cm³/mol. The Morgan fingerprint density at radius 3 is 2.50 bits per heavy atom. The molecule has 0 fully saturated rings. The van der Waals surface area contributed by atoms with E-state index in [2.05, 4.69) is 4.99 Å². The smallest absolute Gasteiger partial charge is 0.190 e. The summed E-state index contributed by atoms with van der Waals surface area (Å²) in [7, 11) is 1.95. The molecule has 112 valence electrons. The molecule has 0 aliphatic heterocycles. The Hall–Kier alpha value is -1.26. The molecule has 0 aliphatic carbocycles. The van der Waals surface area contributed by atoms with Crippen molar-refractivity contribution in [2.24, 2.45) is 12.0 Å². The Kier molecular flexibility index (Phi) is 4.59. The van der Waals surface area contributed by atoms with Crippen LogP contribution < -0.4 is 4.80 Å². The SMILES string of the molecule is Cn1c(-c2ccc(Cl)cc2Cl)csc1=Nc1ccccc1Cl. The van der Waals surface area contributed by atoms with Crippen LogP contribution in [0.2, 0.25) is 15.1 Å². The fourth-order valence-corrected chi connectivity index (χ4v) is 3.65. The van der Waals surface area contributed by atoms with Crippen molar-refractivity contribution < 1.29 is 0 Å². The molecule has 0 aliphatic rings. The summed E-state index contributed by atoms with van der Waals surface area (Å²) in [6.45, 7) is 0. The average Bonchev–Trinajstić information content (AvgIpc) is 2.83. The van der Waals surface area contributed by atoms with Crippen LogP contribution in [0.25, 0.3) is 11.3 Å². The zero-order valence-electron chi connectivity index (χ0n) is 11.6. The third kappa shape index (κ3) is 3.08. The maximum Gasteiger partial charge on any atom is 0.190 e. The minimum absolute atomic E-state index is 0.616. The van der Waals surface area contributed by atoms with Gasteiger partial charge in [-0.15, -0.1) is 11.3 Å². The molecule has 3 rings (SSSR count). The zero-order valence-corrected chi connectivity index (χ0v) is 14.6. The van der Waals surface area contributed by atoms with Crippen LogP contribution >= 0.6 is 46.1 Å². The van der Waals surface area contributed by atoms with E-state index in [4.69, 9.17) is 34.8 Å². The first-order chi connectivity index (χ1) is 10.6. The van der Waals surface area contributed by atoms with Crippen molar-refractivity contribution in [1.29, 1.82) is 0 Å². The fraction of sp³-hybridized carbons (Fsp3) is 0.0625. The van der Waals surface area contributed by atoms with Crippen LogP contribution in [0, 0.1) is 0 Å². The van der Waals surface area contributed by atoms with E-state index >= 15 is 0 Å². The number of benzene rings is 2. The molecule has 0 saturated carbocycles. The van der Waals surface area contributed by atoms with Crippen molar-refractivity contribution in [2.45, 2.75) is 0 Å². The van der Waals surface area contributed by atoms with Crippen LogP contribution in [0.3, 0.4) is 0 Å². The molecule has 2 nitrogen and oxygen atoms in total. The largest absolute Gasteiger partial charge is 0.319 e. The summed E-state index contributed by atoms with van der Waals surface area (Å²) in [6.07, 6.45) is 0. The van der Waals surface area contributed by atoms with Gasteiger partial charge in [0.15, 0.2) is 4.80 Å². The second kappa shape index (κ2) is 6.47. The van der Waals surface area contributed by atoms with E-state index in [0.29, 0.717) is 15.1 Å². The van der Waals surface area contributed by atoms with Crippen molar-refractivity contribution in [3.63, 3.8) is 0 Å². The number of halogens is 3. The van der Waals surface area contributed by atoms with Gasteiger partial charge in [-0.1, -0.05) is 46.9 Å². The molecule has 3 aromatic rings. The van der Waals surface area contributed by atoms with Crippen LogP contribution in [0.15, 0.2) is 52.8 Å². The lowest BCUT2D eigenvalue weighted by atomic mass is 10.2. The number of hydrogen-bond donors (Lipinski definition) is 0. The summed E-state index contributed by atoms with van der Waals surface area (Å²) in [5, 5.41) is 3.88. The van der Waals surface area contributed by atoms with E-state index in [1.807, 2.05) is 53.4 Å². The zero-order chi connectivity index (χ0) is 15.7. The second-order valence-corrected chi connectivity index (χ2v) is 6.74. The van der Waals surface area contributed by atoms with Crippen LogP contribution in [-0.2, 0) is 7.05 Å². The molecular formula is C16H11Cl3N2S. The number of aromatic nitrogens is 1. The van der Waals surface area contributed by atoms with Crippen LogP contribution in [-0.4, -0.2) is 4.57 Å². The minimum atomic E-state index is 0.616. The molecular weight excluding hydrogens is 359 g/mol. The van der Waals surface area contributed by atoms with Crippen molar-refractivity contribution in [2.75, 3.05) is 0 Å². The summed E-state index contributed by atoms with van der Waals surface area (Å²) < 4.78 is 1.99. The van der Waals surface area contributed by atoms with E-state index in [9.17, 15) is 0 Å². The lowest BCUT2D eigenvalue weighted by molar-refractivity contribution is 0.883. The summed E-state index contributed by atoms with van der Waals surface area (Å²) in [5.74, 6) is 0. The third-order valence-corrected chi connectivity index (χ3v) is 4.98. The molecule has 0 amide bonds. The van der Waals surface area contributed by atoms with Gasteiger partial charge in [-0.3, -0.25) is 0 Å². The van der Waals surface area contributed by atoms with Gasteiger partial charge in [0, 0.05) is 23.0 Å². The Balaban J connectivity index is 2.12. The quantitative estimate of drug-likeness (QED) is 0.531. The lowest BCUT2D eigenvalue weighted by Gasteiger charge is -2.06. The molecule has 0 radical (unpaired) electrons. The first-order valence-electron chi connectivity index (χ1n) is 6.45.